The van der Waals surface area contributed by atoms with Crippen molar-refractivity contribution in [1.29, 1.82) is 0 Å². The molecule has 2 N–H and O–H groups in total. The van der Waals surface area contributed by atoms with Crippen LogP contribution in [0.3, 0.4) is 0 Å². The zero-order valence-electron chi connectivity index (χ0n) is 19.2. The second-order valence-corrected chi connectivity index (χ2v) is 10.00. The quantitative estimate of drug-likeness (QED) is 0.430. The van der Waals surface area contributed by atoms with Gasteiger partial charge in [-0.3, -0.25) is 4.79 Å². The predicted octanol–water partition coefficient (Wildman–Crippen LogP) is 3.31. The lowest BCUT2D eigenvalue weighted by Gasteiger charge is -2.17. The van der Waals surface area contributed by atoms with Crippen LogP contribution in [-0.4, -0.2) is 48.5 Å². The first-order valence-corrected chi connectivity index (χ1v) is 11.8. The number of fused-ring (bicyclic) bond motifs is 1. The summed E-state index contributed by atoms with van der Waals surface area (Å²) in [6.07, 6.45) is -3.38. The first-order chi connectivity index (χ1) is 16.9. The maximum atomic E-state index is 13.6. The number of benzene rings is 2. The number of rotatable bonds is 5. The third-order valence-corrected chi connectivity index (χ3v) is 7.26. The molecule has 0 aliphatic heterocycles. The highest BCUT2D eigenvalue weighted by Gasteiger charge is 2.34. The number of aromatic nitrogens is 3. The molecule has 9 nitrogen and oxygen atoms in total. The smallest absolute Gasteiger partial charge is 0.418 e. The van der Waals surface area contributed by atoms with Crippen molar-refractivity contribution >= 4 is 26.9 Å². The number of ether oxygens (including phenoxy) is 1. The number of hydrogen-bond donors (Lipinski definition) is 1. The molecule has 0 spiro atoms. The molecular formula is C23H20F3N5O4S. The van der Waals surface area contributed by atoms with Crippen molar-refractivity contribution in [1.82, 2.24) is 18.8 Å². The van der Waals surface area contributed by atoms with Gasteiger partial charge in [0.05, 0.1) is 29.3 Å². The summed E-state index contributed by atoms with van der Waals surface area (Å²) < 4.78 is 73.1. The Morgan fingerprint density at radius 2 is 1.75 bits per heavy atom. The van der Waals surface area contributed by atoms with Crippen LogP contribution in [0.1, 0.15) is 5.56 Å². The Morgan fingerprint density at radius 3 is 2.39 bits per heavy atom. The Hall–Kier alpha value is -3.97. The molecule has 4 aromatic rings. The van der Waals surface area contributed by atoms with Crippen molar-refractivity contribution in [2.45, 2.75) is 11.1 Å². The lowest BCUT2D eigenvalue weighted by atomic mass is 10.1. The monoisotopic (exact) mass is 519 g/mol. The van der Waals surface area contributed by atoms with Crippen LogP contribution in [0, 0.1) is 0 Å². The minimum Gasteiger partial charge on any atom is -0.480 e. The Balaban J connectivity index is 1.96. The summed E-state index contributed by atoms with van der Waals surface area (Å²) in [7, 11) is 0.0703. The number of nitrogens with zero attached hydrogens (tertiary/aromatic N) is 4. The van der Waals surface area contributed by atoms with Crippen molar-refractivity contribution in [2.75, 3.05) is 26.9 Å². The van der Waals surface area contributed by atoms with E-state index in [2.05, 4.69) is 9.97 Å². The number of para-hydroxylation sites is 1. The molecule has 36 heavy (non-hydrogen) atoms. The van der Waals surface area contributed by atoms with Crippen LogP contribution in [0.15, 0.2) is 64.4 Å². The van der Waals surface area contributed by atoms with Crippen LogP contribution in [0.5, 0.6) is 5.88 Å². The molecular weight excluding hydrogens is 499 g/mol. The summed E-state index contributed by atoms with van der Waals surface area (Å²) in [5.74, 6) is -0.531. The first kappa shape index (κ1) is 25.1. The maximum Gasteiger partial charge on any atom is 0.418 e. The fourth-order valence-electron chi connectivity index (χ4n) is 3.65. The zero-order valence-corrected chi connectivity index (χ0v) is 20.1. The normalized spacial score (nSPS) is 12.3. The van der Waals surface area contributed by atoms with E-state index in [0.29, 0.717) is 15.7 Å². The zero-order chi connectivity index (χ0) is 26.4. The Kier molecular flexibility index (Phi) is 6.22. The second kappa shape index (κ2) is 8.91. The standard InChI is InChI=1S/C23H20F3N5O4S/c1-30(2)36(33,34)19-11-14(12-28-20(19)35-3)13-8-9-17-15(10-13)21(32)31(22(27)29-17)18-7-5-4-6-16(18)23(24,25)26/h4-12H,1-3H3,(H2,27,29). The van der Waals surface area contributed by atoms with E-state index in [1.807, 2.05) is 0 Å². The largest absolute Gasteiger partial charge is 0.480 e. The predicted molar refractivity (Wildman–Crippen MR) is 127 cm³/mol. The van der Waals surface area contributed by atoms with Crippen molar-refractivity contribution in [2.24, 2.45) is 0 Å². The maximum absolute atomic E-state index is 13.6. The SMILES string of the molecule is COc1ncc(-c2ccc3nc(N)n(-c4ccccc4C(F)(F)F)c(=O)c3c2)cc1S(=O)(=O)N(C)C. The van der Waals surface area contributed by atoms with Gasteiger partial charge in [-0.25, -0.2) is 27.3 Å². The molecule has 0 unspecified atom stereocenters. The molecule has 0 fully saturated rings. The average molecular weight is 520 g/mol. The van der Waals surface area contributed by atoms with Gasteiger partial charge in [0.15, 0.2) is 0 Å². The molecule has 2 aromatic heterocycles. The Morgan fingerprint density at radius 1 is 1.06 bits per heavy atom. The molecule has 0 saturated carbocycles. The number of nitrogen functional groups attached to an aromatic ring is 1. The van der Waals surface area contributed by atoms with Gasteiger partial charge in [-0.1, -0.05) is 18.2 Å². The number of alkyl halides is 3. The fourth-order valence-corrected chi connectivity index (χ4v) is 4.67. The van der Waals surface area contributed by atoms with Crippen LogP contribution in [-0.2, 0) is 16.2 Å². The number of methoxy groups -OCH3 is 1. The van der Waals surface area contributed by atoms with Crippen LogP contribution < -0.4 is 16.0 Å². The Bertz CT molecular complexity index is 1650. The van der Waals surface area contributed by atoms with E-state index in [0.717, 1.165) is 16.4 Å². The molecule has 0 radical (unpaired) electrons. The van der Waals surface area contributed by atoms with Crippen molar-refractivity contribution in [3.05, 3.63) is 70.6 Å². The molecule has 0 saturated heterocycles. The summed E-state index contributed by atoms with van der Waals surface area (Å²) in [5, 5.41) is -0.0217. The van der Waals surface area contributed by atoms with Gasteiger partial charge in [-0.15, -0.1) is 0 Å². The molecule has 0 bridgehead atoms. The molecule has 0 aliphatic carbocycles. The highest BCUT2D eigenvalue weighted by molar-refractivity contribution is 7.89. The van der Waals surface area contributed by atoms with Gasteiger partial charge < -0.3 is 10.5 Å². The average Bonchev–Trinajstić information content (AvgIpc) is 2.83. The van der Waals surface area contributed by atoms with E-state index in [9.17, 15) is 26.4 Å². The van der Waals surface area contributed by atoms with E-state index in [1.54, 1.807) is 6.07 Å². The summed E-state index contributed by atoms with van der Waals surface area (Å²) >= 11 is 0. The molecule has 13 heteroatoms. The number of sulfonamides is 1. The lowest BCUT2D eigenvalue weighted by Crippen LogP contribution is -2.25. The molecule has 0 amide bonds. The first-order valence-electron chi connectivity index (χ1n) is 10.3. The summed E-state index contributed by atoms with van der Waals surface area (Å²) in [4.78, 5) is 21.4. The van der Waals surface area contributed by atoms with Crippen LogP contribution in [0.25, 0.3) is 27.7 Å². The van der Waals surface area contributed by atoms with E-state index < -0.39 is 39.0 Å². The highest BCUT2D eigenvalue weighted by Crippen LogP contribution is 2.34. The van der Waals surface area contributed by atoms with E-state index in [4.69, 9.17) is 10.5 Å². The van der Waals surface area contributed by atoms with Crippen LogP contribution >= 0.6 is 0 Å². The number of halogens is 3. The van der Waals surface area contributed by atoms with Crippen LogP contribution in [0.4, 0.5) is 19.1 Å². The summed E-state index contributed by atoms with van der Waals surface area (Å²) in [6, 6.07) is 10.3. The lowest BCUT2D eigenvalue weighted by molar-refractivity contribution is -0.137. The number of anilines is 1. The Labute approximate surface area is 203 Å². The van der Waals surface area contributed by atoms with Gasteiger partial charge in [0, 0.05) is 25.9 Å². The number of nitrogens with two attached hydrogens (primary N) is 1. The fraction of sp³-hybridized carbons (Fsp3) is 0.174. The van der Waals surface area contributed by atoms with Gasteiger partial charge in [0.1, 0.15) is 4.90 Å². The molecule has 4 rings (SSSR count). The molecule has 2 heterocycles. The van der Waals surface area contributed by atoms with Gasteiger partial charge in [-0.2, -0.15) is 13.2 Å². The van der Waals surface area contributed by atoms with E-state index >= 15 is 0 Å². The highest BCUT2D eigenvalue weighted by atomic mass is 32.2. The summed E-state index contributed by atoms with van der Waals surface area (Å²) in [6.45, 7) is 0. The van der Waals surface area contributed by atoms with E-state index in [1.165, 1.54) is 57.7 Å². The topological polar surface area (TPSA) is 120 Å². The van der Waals surface area contributed by atoms with Gasteiger partial charge in [-0.05, 0) is 35.9 Å². The minimum atomic E-state index is -4.73. The van der Waals surface area contributed by atoms with Gasteiger partial charge in [0.25, 0.3) is 5.56 Å². The second-order valence-electron chi connectivity index (χ2n) is 7.88. The molecule has 2 aromatic carbocycles. The third kappa shape index (κ3) is 4.27. The number of pyridine rings is 1. The van der Waals surface area contributed by atoms with Crippen molar-refractivity contribution < 1.29 is 26.3 Å². The van der Waals surface area contributed by atoms with Crippen molar-refractivity contribution in [3.8, 4) is 22.7 Å². The van der Waals surface area contributed by atoms with Gasteiger partial charge in [0.2, 0.25) is 21.9 Å². The third-order valence-electron chi connectivity index (χ3n) is 5.45. The number of hydrogen-bond acceptors (Lipinski definition) is 7. The summed E-state index contributed by atoms with van der Waals surface area (Å²) in [5.41, 5.74) is 4.44. The van der Waals surface area contributed by atoms with Gasteiger partial charge >= 0.3 is 6.18 Å². The van der Waals surface area contributed by atoms with Crippen LogP contribution in [0.2, 0.25) is 0 Å². The van der Waals surface area contributed by atoms with E-state index in [-0.39, 0.29) is 21.7 Å². The van der Waals surface area contributed by atoms with Crippen molar-refractivity contribution in [3.63, 3.8) is 0 Å². The molecule has 0 atom stereocenters. The minimum absolute atomic E-state index is 0.0217. The molecule has 188 valence electrons. The molecule has 0 aliphatic rings.